The SMILES string of the molecule is CCCCC(=O)Nc1nc(-c2ccc(OC)c(C)c2)c(C)s1. The Bertz CT molecular complexity index is 665. The van der Waals surface area contributed by atoms with Crippen LogP contribution in [0.1, 0.15) is 36.6 Å². The van der Waals surface area contributed by atoms with E-state index in [1.807, 2.05) is 26.0 Å². The minimum absolute atomic E-state index is 0.0352. The Morgan fingerprint density at radius 1 is 1.36 bits per heavy atom. The Kier molecular flexibility index (Phi) is 5.55. The van der Waals surface area contributed by atoms with E-state index in [0.717, 1.165) is 40.3 Å². The van der Waals surface area contributed by atoms with Gasteiger partial charge in [0.05, 0.1) is 12.8 Å². The van der Waals surface area contributed by atoms with Gasteiger partial charge in [0.1, 0.15) is 5.75 Å². The van der Waals surface area contributed by atoms with Crippen LogP contribution < -0.4 is 10.1 Å². The van der Waals surface area contributed by atoms with Crippen molar-refractivity contribution < 1.29 is 9.53 Å². The standard InChI is InChI=1S/C17H22N2O2S/c1-5-6-7-15(20)18-17-19-16(12(3)22-17)13-8-9-14(21-4)11(2)10-13/h8-10H,5-7H2,1-4H3,(H,18,19,20). The number of methoxy groups -OCH3 is 1. The molecule has 0 spiro atoms. The number of unbranched alkanes of at least 4 members (excludes halogenated alkanes) is 1. The molecule has 0 unspecified atom stereocenters. The highest BCUT2D eigenvalue weighted by atomic mass is 32.1. The normalized spacial score (nSPS) is 10.5. The Labute approximate surface area is 135 Å². The molecule has 0 aliphatic heterocycles. The average molecular weight is 318 g/mol. The summed E-state index contributed by atoms with van der Waals surface area (Å²) in [6.07, 6.45) is 2.47. The Balaban J connectivity index is 2.19. The van der Waals surface area contributed by atoms with Gasteiger partial charge in [-0.3, -0.25) is 4.79 Å². The van der Waals surface area contributed by atoms with E-state index in [1.54, 1.807) is 7.11 Å². The van der Waals surface area contributed by atoms with Gasteiger partial charge >= 0.3 is 0 Å². The number of hydrogen-bond acceptors (Lipinski definition) is 4. The van der Waals surface area contributed by atoms with Gasteiger partial charge in [-0.05, 0) is 44.0 Å². The van der Waals surface area contributed by atoms with Crippen molar-refractivity contribution in [3.63, 3.8) is 0 Å². The van der Waals surface area contributed by atoms with Crippen LogP contribution in [0.5, 0.6) is 5.75 Å². The van der Waals surface area contributed by atoms with Crippen molar-refractivity contribution in [1.82, 2.24) is 4.98 Å². The van der Waals surface area contributed by atoms with Crippen molar-refractivity contribution in [2.45, 2.75) is 40.0 Å². The summed E-state index contributed by atoms with van der Waals surface area (Å²) in [5, 5.41) is 3.56. The third kappa shape index (κ3) is 3.85. The number of carbonyl (C=O) groups is 1. The minimum Gasteiger partial charge on any atom is -0.496 e. The van der Waals surface area contributed by atoms with Crippen molar-refractivity contribution in [2.24, 2.45) is 0 Å². The first kappa shape index (κ1) is 16.5. The number of thiazole rings is 1. The molecule has 0 aliphatic carbocycles. The summed E-state index contributed by atoms with van der Waals surface area (Å²) in [6.45, 7) is 6.11. The fraction of sp³-hybridized carbons (Fsp3) is 0.412. The van der Waals surface area contributed by atoms with E-state index in [-0.39, 0.29) is 5.91 Å². The van der Waals surface area contributed by atoms with Crippen molar-refractivity contribution in [3.05, 3.63) is 28.6 Å². The first-order chi connectivity index (χ1) is 10.5. The second-order valence-electron chi connectivity index (χ2n) is 5.26. The largest absolute Gasteiger partial charge is 0.496 e. The number of anilines is 1. The molecule has 2 aromatic rings. The minimum atomic E-state index is 0.0352. The van der Waals surface area contributed by atoms with E-state index in [9.17, 15) is 4.79 Å². The number of benzene rings is 1. The van der Waals surface area contributed by atoms with E-state index in [1.165, 1.54) is 11.3 Å². The smallest absolute Gasteiger partial charge is 0.226 e. The molecule has 1 N–H and O–H groups in total. The summed E-state index contributed by atoms with van der Waals surface area (Å²) in [4.78, 5) is 17.5. The van der Waals surface area contributed by atoms with Crippen LogP contribution in [0.2, 0.25) is 0 Å². The topological polar surface area (TPSA) is 51.2 Å². The van der Waals surface area contributed by atoms with E-state index in [0.29, 0.717) is 11.6 Å². The third-order valence-electron chi connectivity index (χ3n) is 3.47. The molecular weight excluding hydrogens is 296 g/mol. The number of nitrogens with zero attached hydrogens (tertiary/aromatic N) is 1. The highest BCUT2D eigenvalue weighted by molar-refractivity contribution is 7.16. The summed E-state index contributed by atoms with van der Waals surface area (Å²) in [6, 6.07) is 6.00. The molecule has 0 saturated heterocycles. The number of hydrogen-bond donors (Lipinski definition) is 1. The van der Waals surface area contributed by atoms with Gasteiger partial charge in [0.25, 0.3) is 0 Å². The van der Waals surface area contributed by atoms with Gasteiger partial charge in [-0.15, -0.1) is 11.3 Å². The molecule has 0 aliphatic rings. The van der Waals surface area contributed by atoms with Crippen molar-refractivity contribution in [1.29, 1.82) is 0 Å². The number of ether oxygens (including phenoxy) is 1. The third-order valence-corrected chi connectivity index (χ3v) is 4.35. The molecule has 0 saturated carbocycles. The molecule has 4 nitrogen and oxygen atoms in total. The first-order valence-electron chi connectivity index (χ1n) is 7.47. The molecule has 0 radical (unpaired) electrons. The van der Waals surface area contributed by atoms with Crippen LogP contribution in [0, 0.1) is 13.8 Å². The van der Waals surface area contributed by atoms with Gasteiger partial charge in [0.15, 0.2) is 5.13 Å². The molecule has 1 aromatic heterocycles. The Morgan fingerprint density at radius 3 is 2.77 bits per heavy atom. The van der Waals surface area contributed by atoms with Crippen LogP contribution in [-0.4, -0.2) is 18.0 Å². The van der Waals surface area contributed by atoms with Crippen molar-refractivity contribution in [2.75, 3.05) is 12.4 Å². The van der Waals surface area contributed by atoms with Gasteiger partial charge in [0.2, 0.25) is 5.91 Å². The lowest BCUT2D eigenvalue weighted by atomic mass is 10.1. The molecule has 1 heterocycles. The van der Waals surface area contributed by atoms with E-state index in [4.69, 9.17) is 4.74 Å². The highest BCUT2D eigenvalue weighted by Crippen LogP contribution is 2.32. The molecule has 0 fully saturated rings. The average Bonchev–Trinajstić information content (AvgIpc) is 2.85. The number of rotatable bonds is 6. The number of aromatic nitrogens is 1. The molecular formula is C17H22N2O2S. The molecule has 22 heavy (non-hydrogen) atoms. The maximum atomic E-state index is 11.8. The van der Waals surface area contributed by atoms with Crippen LogP contribution in [0.4, 0.5) is 5.13 Å². The maximum Gasteiger partial charge on any atom is 0.226 e. The lowest BCUT2D eigenvalue weighted by molar-refractivity contribution is -0.116. The van der Waals surface area contributed by atoms with E-state index in [2.05, 4.69) is 23.3 Å². The number of aryl methyl sites for hydroxylation is 2. The monoisotopic (exact) mass is 318 g/mol. The molecule has 5 heteroatoms. The lowest BCUT2D eigenvalue weighted by Gasteiger charge is -2.06. The summed E-state index contributed by atoms with van der Waals surface area (Å²) < 4.78 is 5.29. The number of nitrogens with one attached hydrogen (secondary N) is 1. The summed E-state index contributed by atoms with van der Waals surface area (Å²) in [7, 11) is 1.67. The quantitative estimate of drug-likeness (QED) is 0.849. The molecule has 1 amide bonds. The molecule has 0 bridgehead atoms. The molecule has 118 valence electrons. The van der Waals surface area contributed by atoms with E-state index < -0.39 is 0 Å². The second kappa shape index (κ2) is 7.40. The van der Waals surface area contributed by atoms with Gasteiger partial charge in [-0.2, -0.15) is 0 Å². The summed E-state index contributed by atoms with van der Waals surface area (Å²) in [5.41, 5.74) is 3.03. The molecule has 0 atom stereocenters. The van der Waals surface area contributed by atoms with Crippen LogP contribution in [-0.2, 0) is 4.79 Å². The van der Waals surface area contributed by atoms with Gasteiger partial charge in [-0.1, -0.05) is 13.3 Å². The van der Waals surface area contributed by atoms with Gasteiger partial charge < -0.3 is 10.1 Å². The van der Waals surface area contributed by atoms with Gasteiger partial charge in [0, 0.05) is 16.9 Å². The zero-order chi connectivity index (χ0) is 16.1. The first-order valence-corrected chi connectivity index (χ1v) is 8.29. The highest BCUT2D eigenvalue weighted by Gasteiger charge is 2.13. The fourth-order valence-corrected chi connectivity index (χ4v) is 3.11. The summed E-state index contributed by atoms with van der Waals surface area (Å²) >= 11 is 1.51. The van der Waals surface area contributed by atoms with E-state index >= 15 is 0 Å². The van der Waals surface area contributed by atoms with Crippen LogP contribution >= 0.6 is 11.3 Å². The predicted octanol–water partition coefficient (Wildman–Crippen LogP) is 4.56. The Morgan fingerprint density at radius 2 is 2.14 bits per heavy atom. The van der Waals surface area contributed by atoms with Crippen molar-refractivity contribution >= 4 is 22.4 Å². The van der Waals surface area contributed by atoms with Crippen molar-refractivity contribution in [3.8, 4) is 17.0 Å². The summed E-state index contributed by atoms with van der Waals surface area (Å²) in [5.74, 6) is 0.901. The fourth-order valence-electron chi connectivity index (χ4n) is 2.26. The zero-order valence-corrected chi connectivity index (χ0v) is 14.3. The lowest BCUT2D eigenvalue weighted by Crippen LogP contribution is -2.10. The zero-order valence-electron chi connectivity index (χ0n) is 13.5. The number of amides is 1. The molecule has 2 rings (SSSR count). The van der Waals surface area contributed by atoms with Crippen LogP contribution in [0.25, 0.3) is 11.3 Å². The van der Waals surface area contributed by atoms with Crippen LogP contribution in [0.15, 0.2) is 18.2 Å². The van der Waals surface area contributed by atoms with Gasteiger partial charge in [-0.25, -0.2) is 4.98 Å². The van der Waals surface area contributed by atoms with Crippen LogP contribution in [0.3, 0.4) is 0 Å². The second-order valence-corrected chi connectivity index (χ2v) is 6.46. The predicted molar refractivity (Wildman–Crippen MR) is 91.7 cm³/mol. The Hall–Kier alpha value is -1.88. The number of carbonyl (C=O) groups excluding carboxylic acids is 1. The maximum absolute atomic E-state index is 11.8. The molecule has 1 aromatic carbocycles.